The van der Waals surface area contributed by atoms with E-state index < -0.39 is 0 Å². The molecule has 0 saturated carbocycles. The number of hydrogen-bond acceptors (Lipinski definition) is 5. The van der Waals surface area contributed by atoms with Gasteiger partial charge in [0.05, 0.1) is 18.9 Å². The highest BCUT2D eigenvalue weighted by Gasteiger charge is 2.16. The first-order valence-corrected chi connectivity index (χ1v) is 10.7. The fraction of sp³-hybridized carbons (Fsp3) is 0.348. The van der Waals surface area contributed by atoms with E-state index in [9.17, 15) is 5.11 Å². The Hall–Kier alpha value is -2.61. The van der Waals surface area contributed by atoms with Crippen LogP contribution in [0.15, 0.2) is 54.6 Å². The van der Waals surface area contributed by atoms with Gasteiger partial charge in [0.15, 0.2) is 4.77 Å². The molecule has 1 aromatic heterocycles. The van der Waals surface area contributed by atoms with Gasteiger partial charge in [-0.05, 0) is 62.0 Å². The van der Waals surface area contributed by atoms with E-state index in [1.807, 2.05) is 70.7 Å². The minimum atomic E-state index is 0.228. The van der Waals surface area contributed by atoms with Gasteiger partial charge < -0.3 is 14.6 Å². The first kappa shape index (κ1) is 20.7. The Morgan fingerprint density at radius 3 is 2.33 bits per heavy atom. The summed E-state index contributed by atoms with van der Waals surface area (Å²) in [7, 11) is 0. The Kier molecular flexibility index (Phi) is 6.52. The maximum absolute atomic E-state index is 10.7. The van der Waals surface area contributed by atoms with E-state index in [1.54, 1.807) is 0 Å². The lowest BCUT2D eigenvalue weighted by Gasteiger charge is -2.26. The number of aromatic hydroxyl groups is 1. The largest absolute Gasteiger partial charge is 0.493 e. The molecule has 1 fully saturated rings. The highest BCUT2D eigenvalue weighted by molar-refractivity contribution is 7.71. The second-order valence-electron chi connectivity index (χ2n) is 7.40. The van der Waals surface area contributed by atoms with Crippen molar-refractivity contribution in [1.82, 2.24) is 14.0 Å². The van der Waals surface area contributed by atoms with Crippen molar-refractivity contribution in [3.05, 3.63) is 65.1 Å². The molecule has 2 heterocycles. The zero-order valence-electron chi connectivity index (χ0n) is 17.2. The molecule has 7 heteroatoms. The summed E-state index contributed by atoms with van der Waals surface area (Å²) in [5.74, 6) is 1.77. The number of aromatic nitrogens is 2. The fourth-order valence-electron chi connectivity index (χ4n) is 3.72. The monoisotopic (exact) mass is 425 g/mol. The van der Waals surface area contributed by atoms with Crippen LogP contribution in [0.1, 0.15) is 12.1 Å². The zero-order valence-corrected chi connectivity index (χ0v) is 18.0. The molecule has 0 bridgehead atoms. The van der Waals surface area contributed by atoms with Gasteiger partial charge in [-0.2, -0.15) is 0 Å². The minimum absolute atomic E-state index is 0.228. The van der Waals surface area contributed by atoms with E-state index in [0.717, 1.165) is 62.1 Å². The molecule has 0 radical (unpaired) electrons. The summed E-state index contributed by atoms with van der Waals surface area (Å²) >= 11 is 5.69. The molecule has 0 atom stereocenters. The van der Waals surface area contributed by atoms with E-state index in [1.165, 1.54) is 0 Å². The first-order valence-electron chi connectivity index (χ1n) is 10.3. The second-order valence-corrected chi connectivity index (χ2v) is 7.76. The Balaban J connectivity index is 1.47. The summed E-state index contributed by atoms with van der Waals surface area (Å²) in [6.07, 6.45) is 0.926. The molecule has 1 saturated heterocycles. The van der Waals surface area contributed by atoms with Crippen LogP contribution in [0.4, 0.5) is 0 Å². The number of rotatable bonds is 7. The van der Waals surface area contributed by atoms with Gasteiger partial charge >= 0.3 is 0 Å². The van der Waals surface area contributed by atoms with Crippen LogP contribution in [0, 0.1) is 11.7 Å². The van der Waals surface area contributed by atoms with Crippen LogP contribution in [-0.4, -0.2) is 52.0 Å². The number of benzene rings is 2. The summed E-state index contributed by atoms with van der Waals surface area (Å²) < 4.78 is 15.6. The van der Waals surface area contributed by atoms with Crippen molar-refractivity contribution in [2.24, 2.45) is 0 Å². The van der Waals surface area contributed by atoms with Gasteiger partial charge in [0.1, 0.15) is 11.5 Å². The van der Waals surface area contributed by atoms with Crippen molar-refractivity contribution in [1.29, 1.82) is 0 Å². The lowest BCUT2D eigenvalue weighted by Crippen LogP contribution is -2.37. The molecule has 3 aromatic rings. The van der Waals surface area contributed by atoms with Crippen molar-refractivity contribution in [3.63, 3.8) is 0 Å². The van der Waals surface area contributed by atoms with Gasteiger partial charge in [-0.25, -0.2) is 0 Å². The van der Waals surface area contributed by atoms with Crippen LogP contribution < -0.4 is 4.74 Å². The van der Waals surface area contributed by atoms with E-state index in [0.29, 0.717) is 11.3 Å². The Morgan fingerprint density at radius 1 is 0.967 bits per heavy atom. The van der Waals surface area contributed by atoms with E-state index >= 15 is 0 Å². The summed E-state index contributed by atoms with van der Waals surface area (Å²) in [4.78, 5) is 2.39. The number of imidazole rings is 1. The minimum Gasteiger partial charge on any atom is -0.493 e. The standard InChI is InChI=1S/C23H27N3O3S/c1-18-22(27)25(13-5-12-24-14-16-28-17-15-24)23(30)26(18)19-8-10-21(11-9-19)29-20-6-3-2-4-7-20/h2-4,6-11,27H,5,12-17H2,1H3. The molecule has 158 valence electrons. The SMILES string of the molecule is Cc1c(O)n(CCCN2CCOCC2)c(=S)n1-c1ccc(Oc2ccccc2)cc1. The third kappa shape index (κ3) is 4.59. The molecular formula is C23H27N3O3S. The molecule has 2 aromatic carbocycles. The first-order chi connectivity index (χ1) is 14.6. The number of ether oxygens (including phenoxy) is 2. The van der Waals surface area contributed by atoms with Gasteiger partial charge in [0.2, 0.25) is 5.88 Å². The summed E-state index contributed by atoms with van der Waals surface area (Å²) in [6, 6.07) is 17.4. The number of hydrogen-bond donors (Lipinski definition) is 1. The molecular weight excluding hydrogens is 398 g/mol. The molecule has 30 heavy (non-hydrogen) atoms. The zero-order chi connectivity index (χ0) is 20.9. The third-order valence-electron chi connectivity index (χ3n) is 5.37. The van der Waals surface area contributed by atoms with Crippen LogP contribution in [0.25, 0.3) is 5.69 Å². The topological polar surface area (TPSA) is 51.8 Å². The second kappa shape index (κ2) is 9.47. The van der Waals surface area contributed by atoms with Crippen molar-refractivity contribution in [3.8, 4) is 23.1 Å². The lowest BCUT2D eigenvalue weighted by atomic mass is 10.3. The van der Waals surface area contributed by atoms with Crippen molar-refractivity contribution in [2.45, 2.75) is 19.9 Å². The average molecular weight is 426 g/mol. The van der Waals surface area contributed by atoms with E-state index in [4.69, 9.17) is 21.7 Å². The summed E-state index contributed by atoms with van der Waals surface area (Å²) in [6.45, 7) is 7.07. The molecule has 0 aliphatic carbocycles. The molecule has 1 aliphatic heterocycles. The lowest BCUT2D eigenvalue weighted by molar-refractivity contribution is 0.0368. The Labute approximate surface area is 181 Å². The van der Waals surface area contributed by atoms with Crippen molar-refractivity contribution in [2.75, 3.05) is 32.8 Å². The molecule has 0 amide bonds. The Morgan fingerprint density at radius 2 is 1.63 bits per heavy atom. The van der Waals surface area contributed by atoms with Gasteiger partial charge in [0.25, 0.3) is 0 Å². The van der Waals surface area contributed by atoms with Crippen molar-refractivity contribution >= 4 is 12.2 Å². The smallest absolute Gasteiger partial charge is 0.213 e. The van der Waals surface area contributed by atoms with Crippen molar-refractivity contribution < 1.29 is 14.6 Å². The Bertz CT molecular complexity index is 1020. The molecule has 1 aliphatic rings. The van der Waals surface area contributed by atoms with E-state index in [2.05, 4.69) is 4.90 Å². The predicted octanol–water partition coefficient (Wildman–Crippen LogP) is 4.54. The molecule has 0 unspecified atom stereocenters. The fourth-order valence-corrected chi connectivity index (χ4v) is 4.14. The molecule has 1 N–H and O–H groups in total. The van der Waals surface area contributed by atoms with Crippen LogP contribution in [0.5, 0.6) is 17.4 Å². The van der Waals surface area contributed by atoms with Gasteiger partial charge in [0, 0.05) is 31.9 Å². The number of morpholine rings is 1. The quantitative estimate of drug-likeness (QED) is 0.564. The van der Waals surface area contributed by atoms with Gasteiger partial charge in [-0.1, -0.05) is 18.2 Å². The number of para-hydroxylation sites is 1. The predicted molar refractivity (Wildman–Crippen MR) is 119 cm³/mol. The molecule has 6 nitrogen and oxygen atoms in total. The molecule has 4 rings (SSSR count). The molecule has 0 spiro atoms. The van der Waals surface area contributed by atoms with Gasteiger partial charge in [-0.3, -0.25) is 14.0 Å². The number of nitrogens with zero attached hydrogens (tertiary/aromatic N) is 3. The van der Waals surface area contributed by atoms with Gasteiger partial charge in [-0.15, -0.1) is 0 Å². The average Bonchev–Trinajstić information content (AvgIpc) is 2.99. The highest BCUT2D eigenvalue weighted by atomic mass is 32.1. The van der Waals surface area contributed by atoms with Crippen LogP contribution in [0.2, 0.25) is 0 Å². The third-order valence-corrected chi connectivity index (χ3v) is 5.77. The van der Waals surface area contributed by atoms with Crippen LogP contribution in [-0.2, 0) is 11.3 Å². The summed E-state index contributed by atoms with van der Waals surface area (Å²) in [5, 5.41) is 10.7. The van der Waals surface area contributed by atoms with E-state index in [-0.39, 0.29) is 5.88 Å². The highest BCUT2D eigenvalue weighted by Crippen LogP contribution is 2.27. The summed E-state index contributed by atoms with van der Waals surface area (Å²) in [5.41, 5.74) is 1.64. The maximum atomic E-state index is 10.7. The van der Waals surface area contributed by atoms with Crippen LogP contribution in [0.3, 0.4) is 0 Å². The van der Waals surface area contributed by atoms with Crippen LogP contribution >= 0.6 is 12.2 Å². The normalized spacial score (nSPS) is 14.7. The maximum Gasteiger partial charge on any atom is 0.213 e.